The van der Waals surface area contributed by atoms with Crippen molar-refractivity contribution in [3.8, 4) is 5.88 Å². The van der Waals surface area contributed by atoms with Crippen molar-refractivity contribution in [3.05, 3.63) is 52.6 Å². The predicted molar refractivity (Wildman–Crippen MR) is 124 cm³/mol. The zero-order valence-electron chi connectivity index (χ0n) is 18.5. The van der Waals surface area contributed by atoms with Gasteiger partial charge in [-0.25, -0.2) is 8.42 Å². The fourth-order valence-corrected chi connectivity index (χ4v) is 6.14. The summed E-state index contributed by atoms with van der Waals surface area (Å²) >= 11 is 0. The van der Waals surface area contributed by atoms with Crippen LogP contribution >= 0.6 is 0 Å². The van der Waals surface area contributed by atoms with Gasteiger partial charge in [0.15, 0.2) is 5.69 Å². The molecule has 10 nitrogen and oxygen atoms in total. The van der Waals surface area contributed by atoms with Gasteiger partial charge >= 0.3 is 0 Å². The summed E-state index contributed by atoms with van der Waals surface area (Å²) in [5.74, 6) is 0.0367. The largest absolute Gasteiger partial charge is 0.493 e. The highest BCUT2D eigenvalue weighted by Crippen LogP contribution is 2.40. The number of fused-ring (bicyclic) bond motifs is 1. The lowest BCUT2D eigenvalue weighted by molar-refractivity contribution is -0.385. The lowest BCUT2D eigenvalue weighted by atomic mass is 9.94. The molecule has 0 radical (unpaired) electrons. The van der Waals surface area contributed by atoms with Gasteiger partial charge < -0.3 is 9.67 Å². The van der Waals surface area contributed by atoms with Gasteiger partial charge in [-0.1, -0.05) is 25.1 Å². The molecule has 0 amide bonds. The Bertz CT molecular complexity index is 1360. The van der Waals surface area contributed by atoms with Crippen molar-refractivity contribution in [2.24, 2.45) is 23.2 Å². The van der Waals surface area contributed by atoms with Crippen molar-refractivity contribution in [2.45, 2.75) is 37.6 Å². The highest BCUT2D eigenvalue weighted by Gasteiger charge is 2.36. The smallest absolute Gasteiger partial charge is 0.270 e. The van der Waals surface area contributed by atoms with Gasteiger partial charge in [-0.3, -0.25) is 10.1 Å². The Morgan fingerprint density at radius 2 is 1.88 bits per heavy atom. The summed E-state index contributed by atoms with van der Waals surface area (Å²) in [4.78, 5) is 10.4. The number of piperidine rings is 1. The summed E-state index contributed by atoms with van der Waals surface area (Å²) < 4.78 is 30.1. The van der Waals surface area contributed by atoms with E-state index in [1.54, 1.807) is 23.7 Å². The van der Waals surface area contributed by atoms with Gasteiger partial charge in [0, 0.05) is 37.2 Å². The summed E-state index contributed by atoms with van der Waals surface area (Å²) in [6.45, 7) is 4.16. The third-order valence-electron chi connectivity index (χ3n) is 6.36. The van der Waals surface area contributed by atoms with Crippen LogP contribution in [0.3, 0.4) is 0 Å². The number of hydrogen-bond donors (Lipinski definition) is 1. The molecular formula is C22H25N5O5S. The Kier molecular flexibility index (Phi) is 5.93. The lowest BCUT2D eigenvalue weighted by Gasteiger charge is -2.36. The molecule has 1 fully saturated rings. The Morgan fingerprint density at radius 3 is 2.61 bits per heavy atom. The van der Waals surface area contributed by atoms with Crippen molar-refractivity contribution >= 4 is 38.0 Å². The first-order valence-corrected chi connectivity index (χ1v) is 12.1. The molecule has 33 heavy (non-hydrogen) atoms. The Morgan fingerprint density at radius 1 is 1.15 bits per heavy atom. The summed E-state index contributed by atoms with van der Waals surface area (Å²) in [6.07, 6.45) is 1.62. The summed E-state index contributed by atoms with van der Waals surface area (Å²) in [7, 11) is -2.40. The fraction of sp³-hybridized carbons (Fsp3) is 0.364. The molecule has 0 unspecified atom stereocenters. The van der Waals surface area contributed by atoms with Crippen molar-refractivity contribution in [2.75, 3.05) is 6.54 Å². The number of para-hydroxylation sites is 1. The zero-order chi connectivity index (χ0) is 23.9. The average molecular weight is 472 g/mol. The van der Waals surface area contributed by atoms with Crippen LogP contribution in [0.25, 0.3) is 10.9 Å². The normalized spacial score (nSPS) is 20.0. The molecular weight excluding hydrogens is 446 g/mol. The van der Waals surface area contributed by atoms with E-state index in [1.165, 1.54) is 16.4 Å². The Labute approximate surface area is 191 Å². The average Bonchev–Trinajstić information content (AvgIpc) is 3.03. The number of hydrogen-bond acceptors (Lipinski definition) is 7. The third-order valence-corrected chi connectivity index (χ3v) is 8.38. The van der Waals surface area contributed by atoms with Crippen molar-refractivity contribution < 1.29 is 18.4 Å². The standard InChI is InChI=1S/C22H25N5O5S/c1-14-7-6-12-26(15(14)2)33(31,32)20-13-16(27(29)30)10-11-18(20)23-24-21-17-8-4-5-9-19(17)25(3)22(21)28/h4-5,8-11,13-15,28H,6-7,12H2,1-3H3/t14-,15-/m1/s1. The highest BCUT2D eigenvalue weighted by molar-refractivity contribution is 7.89. The molecule has 2 aromatic carbocycles. The number of aryl methyl sites for hydroxylation is 1. The van der Waals surface area contributed by atoms with Crippen LogP contribution < -0.4 is 0 Å². The summed E-state index contributed by atoms with van der Waals surface area (Å²) in [5.41, 5.74) is 0.544. The van der Waals surface area contributed by atoms with Crippen LogP contribution in [0, 0.1) is 16.0 Å². The first-order chi connectivity index (χ1) is 15.6. The molecule has 1 aromatic heterocycles. The molecule has 2 heterocycles. The van der Waals surface area contributed by atoms with Crippen LogP contribution in [-0.2, 0) is 17.1 Å². The number of nitrogens with zero attached hydrogens (tertiary/aromatic N) is 5. The van der Waals surface area contributed by atoms with Crippen LogP contribution in [0.4, 0.5) is 17.1 Å². The molecule has 1 aliphatic rings. The van der Waals surface area contributed by atoms with E-state index in [1.807, 2.05) is 26.0 Å². The molecule has 3 aromatic rings. The third kappa shape index (κ3) is 3.98. The van der Waals surface area contributed by atoms with E-state index in [9.17, 15) is 23.6 Å². The van der Waals surface area contributed by atoms with E-state index in [-0.39, 0.29) is 39.8 Å². The maximum atomic E-state index is 13.6. The summed E-state index contributed by atoms with van der Waals surface area (Å²) in [5, 5.41) is 30.8. The molecule has 0 bridgehead atoms. The molecule has 1 aliphatic heterocycles. The van der Waals surface area contributed by atoms with Crippen LogP contribution in [0.1, 0.15) is 26.7 Å². The van der Waals surface area contributed by atoms with Gasteiger partial charge in [-0.05, 0) is 37.8 Å². The second-order valence-corrected chi connectivity index (χ2v) is 10.2. The highest BCUT2D eigenvalue weighted by atomic mass is 32.2. The second kappa shape index (κ2) is 8.56. The number of aromatic nitrogens is 1. The first kappa shape index (κ1) is 22.9. The molecule has 1 saturated heterocycles. The van der Waals surface area contributed by atoms with Crippen molar-refractivity contribution in [1.29, 1.82) is 0 Å². The fourth-order valence-electron chi connectivity index (χ4n) is 4.23. The van der Waals surface area contributed by atoms with Gasteiger partial charge in [-0.15, -0.1) is 10.2 Å². The van der Waals surface area contributed by atoms with Crippen LogP contribution in [0.5, 0.6) is 5.88 Å². The summed E-state index contributed by atoms with van der Waals surface area (Å²) in [6, 6.07) is 10.4. The predicted octanol–water partition coefficient (Wildman–Crippen LogP) is 5.02. The van der Waals surface area contributed by atoms with Crippen LogP contribution in [-0.4, -0.2) is 39.9 Å². The molecule has 2 atom stereocenters. The monoisotopic (exact) mass is 471 g/mol. The van der Waals surface area contributed by atoms with E-state index in [0.29, 0.717) is 18.4 Å². The minimum Gasteiger partial charge on any atom is -0.493 e. The maximum absolute atomic E-state index is 13.6. The van der Waals surface area contributed by atoms with Gasteiger partial charge in [0.25, 0.3) is 5.69 Å². The van der Waals surface area contributed by atoms with E-state index in [0.717, 1.165) is 18.0 Å². The number of benzene rings is 2. The van der Waals surface area contributed by atoms with Gasteiger partial charge in [0.05, 0.1) is 10.4 Å². The van der Waals surface area contributed by atoms with Crippen molar-refractivity contribution in [1.82, 2.24) is 8.87 Å². The number of aromatic hydroxyl groups is 1. The Balaban J connectivity index is 1.84. The van der Waals surface area contributed by atoms with Gasteiger partial charge in [-0.2, -0.15) is 4.31 Å². The topological polar surface area (TPSA) is 130 Å². The quantitative estimate of drug-likeness (QED) is 0.317. The molecule has 1 N–H and O–H groups in total. The SMILES string of the molecule is C[C@@H]1CCCN(S(=O)(=O)c2cc([N+](=O)[O-])ccc2N=Nc2c(O)n(C)c3ccccc23)[C@@H]1C. The van der Waals surface area contributed by atoms with E-state index < -0.39 is 14.9 Å². The molecule has 11 heteroatoms. The zero-order valence-corrected chi connectivity index (χ0v) is 19.4. The number of sulfonamides is 1. The van der Waals surface area contributed by atoms with Crippen molar-refractivity contribution in [3.63, 3.8) is 0 Å². The number of nitro benzene ring substituents is 1. The molecule has 0 spiro atoms. The van der Waals surface area contributed by atoms with E-state index in [4.69, 9.17) is 0 Å². The molecule has 4 rings (SSSR count). The maximum Gasteiger partial charge on any atom is 0.270 e. The first-order valence-electron chi connectivity index (χ1n) is 10.6. The van der Waals surface area contributed by atoms with Gasteiger partial charge in [0.2, 0.25) is 15.9 Å². The molecule has 0 saturated carbocycles. The van der Waals surface area contributed by atoms with Gasteiger partial charge in [0.1, 0.15) is 10.6 Å². The molecule has 174 valence electrons. The van der Waals surface area contributed by atoms with E-state index in [2.05, 4.69) is 10.2 Å². The van der Waals surface area contributed by atoms with Crippen LogP contribution in [0.2, 0.25) is 0 Å². The second-order valence-electron chi connectivity index (χ2n) is 8.33. The molecule has 0 aliphatic carbocycles. The lowest BCUT2D eigenvalue weighted by Crippen LogP contribution is -2.45. The number of rotatable bonds is 5. The van der Waals surface area contributed by atoms with Crippen LogP contribution in [0.15, 0.2) is 57.6 Å². The van der Waals surface area contributed by atoms with E-state index >= 15 is 0 Å². The Hall–Kier alpha value is -3.31. The number of non-ortho nitro benzene ring substituents is 1. The minimum absolute atomic E-state index is 0.0293. The minimum atomic E-state index is -4.08. The number of azo groups is 1. The number of nitro groups is 1.